The molecule has 0 unspecified atom stereocenters. The van der Waals surface area contributed by atoms with Gasteiger partial charge < -0.3 is 15.4 Å². The highest BCUT2D eigenvalue weighted by molar-refractivity contribution is 7.92. The van der Waals surface area contributed by atoms with Crippen LogP contribution in [0.25, 0.3) is 0 Å². The molecular weight excluding hydrogens is 352 g/mol. The molecule has 1 amide bonds. The molecule has 1 aliphatic rings. The summed E-state index contributed by atoms with van der Waals surface area (Å²) >= 11 is 0. The third-order valence-corrected chi connectivity index (χ3v) is 6.21. The number of anilines is 1. The fourth-order valence-electron chi connectivity index (χ4n) is 2.80. The highest BCUT2D eigenvalue weighted by Gasteiger charge is 2.48. The SMILES string of the molecule is CCOCc1cccc(NC(=O)C2(S(C)(=O)=O)CCNCC2)c1.Cl. The van der Waals surface area contributed by atoms with E-state index < -0.39 is 20.5 Å². The van der Waals surface area contributed by atoms with Crippen LogP contribution in [0.15, 0.2) is 24.3 Å². The third kappa shape index (κ3) is 4.69. The summed E-state index contributed by atoms with van der Waals surface area (Å²) < 4.78 is 28.5. The molecule has 1 aromatic carbocycles. The van der Waals surface area contributed by atoms with Gasteiger partial charge in [-0.25, -0.2) is 8.42 Å². The van der Waals surface area contributed by atoms with Crippen molar-refractivity contribution in [2.45, 2.75) is 31.1 Å². The summed E-state index contributed by atoms with van der Waals surface area (Å²) in [5.74, 6) is -0.449. The van der Waals surface area contributed by atoms with Gasteiger partial charge in [0.05, 0.1) is 6.61 Å². The molecule has 1 aromatic rings. The minimum atomic E-state index is -3.51. The summed E-state index contributed by atoms with van der Waals surface area (Å²) in [6.07, 6.45) is 1.72. The van der Waals surface area contributed by atoms with E-state index in [9.17, 15) is 13.2 Å². The molecule has 1 aliphatic heterocycles. The molecule has 8 heteroatoms. The number of halogens is 1. The number of amides is 1. The first kappa shape index (κ1) is 20.9. The molecule has 0 atom stereocenters. The van der Waals surface area contributed by atoms with Crippen molar-refractivity contribution in [1.82, 2.24) is 5.32 Å². The van der Waals surface area contributed by atoms with Crippen molar-refractivity contribution in [3.05, 3.63) is 29.8 Å². The smallest absolute Gasteiger partial charge is 0.245 e. The van der Waals surface area contributed by atoms with Crippen molar-refractivity contribution in [3.63, 3.8) is 0 Å². The molecular formula is C16H25ClN2O4S. The van der Waals surface area contributed by atoms with Crippen LogP contribution in [0, 0.1) is 0 Å². The van der Waals surface area contributed by atoms with Gasteiger partial charge in [-0.15, -0.1) is 12.4 Å². The maximum absolute atomic E-state index is 12.7. The molecule has 0 aromatic heterocycles. The molecule has 136 valence electrons. The van der Waals surface area contributed by atoms with Crippen molar-refractivity contribution in [1.29, 1.82) is 0 Å². The van der Waals surface area contributed by atoms with Crippen molar-refractivity contribution in [2.24, 2.45) is 0 Å². The molecule has 0 bridgehead atoms. The Bertz CT molecular complexity index is 658. The van der Waals surface area contributed by atoms with Gasteiger partial charge in [-0.3, -0.25) is 4.79 Å². The van der Waals surface area contributed by atoms with Crippen molar-refractivity contribution < 1.29 is 17.9 Å². The second-order valence-corrected chi connectivity index (χ2v) is 8.13. The van der Waals surface area contributed by atoms with E-state index in [-0.39, 0.29) is 25.2 Å². The van der Waals surface area contributed by atoms with Gasteiger partial charge in [0.1, 0.15) is 0 Å². The first-order valence-electron chi connectivity index (χ1n) is 7.77. The predicted molar refractivity (Wildman–Crippen MR) is 97.3 cm³/mol. The lowest BCUT2D eigenvalue weighted by molar-refractivity contribution is -0.119. The molecule has 2 N–H and O–H groups in total. The van der Waals surface area contributed by atoms with Gasteiger partial charge in [0.25, 0.3) is 0 Å². The van der Waals surface area contributed by atoms with Crippen molar-refractivity contribution >= 4 is 33.8 Å². The van der Waals surface area contributed by atoms with Crippen LogP contribution in [-0.4, -0.2) is 45.0 Å². The van der Waals surface area contributed by atoms with E-state index in [4.69, 9.17) is 4.74 Å². The highest BCUT2D eigenvalue weighted by atomic mass is 35.5. The third-order valence-electron chi connectivity index (χ3n) is 4.19. The zero-order valence-corrected chi connectivity index (χ0v) is 15.6. The highest BCUT2D eigenvalue weighted by Crippen LogP contribution is 2.29. The summed E-state index contributed by atoms with van der Waals surface area (Å²) in [4.78, 5) is 12.7. The Morgan fingerprint density at radius 3 is 2.58 bits per heavy atom. The van der Waals surface area contributed by atoms with E-state index >= 15 is 0 Å². The minimum Gasteiger partial charge on any atom is -0.377 e. The fraction of sp³-hybridized carbons (Fsp3) is 0.562. The van der Waals surface area contributed by atoms with Crippen LogP contribution < -0.4 is 10.6 Å². The van der Waals surface area contributed by atoms with Gasteiger partial charge in [-0.1, -0.05) is 12.1 Å². The Morgan fingerprint density at radius 1 is 1.33 bits per heavy atom. The summed E-state index contributed by atoms with van der Waals surface area (Å²) in [7, 11) is -3.51. The van der Waals surface area contributed by atoms with Crippen LogP contribution >= 0.6 is 12.4 Å². The lowest BCUT2D eigenvalue weighted by Gasteiger charge is -2.34. The zero-order valence-electron chi connectivity index (χ0n) is 14.0. The molecule has 1 saturated heterocycles. The monoisotopic (exact) mass is 376 g/mol. The van der Waals surface area contributed by atoms with E-state index in [0.717, 1.165) is 11.8 Å². The van der Waals surface area contributed by atoms with E-state index in [0.29, 0.717) is 32.0 Å². The maximum atomic E-state index is 12.7. The molecule has 0 saturated carbocycles. The van der Waals surface area contributed by atoms with Crippen LogP contribution in [0.2, 0.25) is 0 Å². The van der Waals surface area contributed by atoms with Gasteiger partial charge >= 0.3 is 0 Å². The molecule has 1 heterocycles. The molecule has 0 spiro atoms. The second-order valence-electron chi connectivity index (χ2n) is 5.81. The van der Waals surface area contributed by atoms with E-state index in [1.54, 1.807) is 6.07 Å². The lowest BCUT2D eigenvalue weighted by atomic mass is 9.95. The number of hydrogen-bond donors (Lipinski definition) is 2. The number of hydrogen-bond acceptors (Lipinski definition) is 5. The number of ether oxygens (including phenoxy) is 1. The van der Waals surface area contributed by atoms with Crippen LogP contribution in [0.5, 0.6) is 0 Å². The molecule has 2 rings (SSSR count). The van der Waals surface area contributed by atoms with Gasteiger partial charge in [0.15, 0.2) is 14.6 Å². The Morgan fingerprint density at radius 2 is 2.00 bits per heavy atom. The Balaban J connectivity index is 0.00000288. The summed E-state index contributed by atoms with van der Waals surface area (Å²) in [5, 5.41) is 5.88. The van der Waals surface area contributed by atoms with Gasteiger partial charge in [0, 0.05) is 18.6 Å². The Hall–Kier alpha value is -1.15. The average molecular weight is 377 g/mol. The quantitative estimate of drug-likeness (QED) is 0.790. The minimum absolute atomic E-state index is 0. The van der Waals surface area contributed by atoms with E-state index in [1.807, 2.05) is 25.1 Å². The fourth-order valence-corrected chi connectivity index (χ4v) is 4.13. The number of sulfone groups is 1. The summed E-state index contributed by atoms with van der Waals surface area (Å²) in [5.41, 5.74) is 1.53. The van der Waals surface area contributed by atoms with Gasteiger partial charge in [0.2, 0.25) is 5.91 Å². The largest absolute Gasteiger partial charge is 0.377 e. The van der Waals surface area contributed by atoms with Crippen molar-refractivity contribution in [2.75, 3.05) is 31.3 Å². The summed E-state index contributed by atoms with van der Waals surface area (Å²) in [6.45, 7) is 4.02. The molecule has 24 heavy (non-hydrogen) atoms. The normalized spacial score (nSPS) is 16.9. The molecule has 6 nitrogen and oxygen atoms in total. The van der Waals surface area contributed by atoms with Crippen LogP contribution in [0.1, 0.15) is 25.3 Å². The number of nitrogens with one attached hydrogen (secondary N) is 2. The lowest BCUT2D eigenvalue weighted by Crippen LogP contribution is -2.55. The Labute approximate surface area is 149 Å². The van der Waals surface area contributed by atoms with Crippen LogP contribution in [0.4, 0.5) is 5.69 Å². The van der Waals surface area contributed by atoms with E-state index in [2.05, 4.69) is 10.6 Å². The van der Waals surface area contributed by atoms with Gasteiger partial charge in [-0.2, -0.15) is 0 Å². The maximum Gasteiger partial charge on any atom is 0.245 e. The summed E-state index contributed by atoms with van der Waals surface area (Å²) in [6, 6.07) is 7.29. The van der Waals surface area contributed by atoms with Crippen molar-refractivity contribution in [3.8, 4) is 0 Å². The second kappa shape index (κ2) is 8.80. The topological polar surface area (TPSA) is 84.5 Å². The number of rotatable bonds is 6. The zero-order chi connectivity index (χ0) is 16.9. The van der Waals surface area contributed by atoms with E-state index in [1.165, 1.54) is 0 Å². The van der Waals surface area contributed by atoms with Crippen LogP contribution in [-0.2, 0) is 26.0 Å². The molecule has 1 fully saturated rings. The van der Waals surface area contributed by atoms with Gasteiger partial charge in [-0.05, 0) is 50.6 Å². The first-order valence-corrected chi connectivity index (χ1v) is 9.66. The standard InChI is InChI=1S/C16H24N2O4S.ClH/c1-3-22-12-13-5-4-6-14(11-13)18-15(19)16(23(2,20)21)7-9-17-10-8-16;/h4-6,11,17H,3,7-10,12H2,1-2H3,(H,18,19);1H. The Kier molecular flexibility index (Phi) is 7.66. The predicted octanol–water partition coefficient (Wildman–Crippen LogP) is 1.75. The number of carbonyl (C=O) groups is 1. The number of carbonyl (C=O) groups excluding carboxylic acids is 1. The average Bonchev–Trinajstić information content (AvgIpc) is 2.53. The van der Waals surface area contributed by atoms with Crippen LogP contribution in [0.3, 0.4) is 0 Å². The molecule has 0 radical (unpaired) electrons. The number of benzene rings is 1. The number of piperidine rings is 1. The molecule has 0 aliphatic carbocycles. The first-order chi connectivity index (χ1) is 10.9.